The summed E-state index contributed by atoms with van der Waals surface area (Å²) >= 11 is 6.32. The van der Waals surface area contributed by atoms with Crippen LogP contribution < -0.4 is 4.90 Å². The Bertz CT molecular complexity index is 1040. The molecule has 1 fully saturated rings. The van der Waals surface area contributed by atoms with Crippen molar-refractivity contribution in [2.24, 2.45) is 0 Å². The molecule has 2 aromatic rings. The zero-order valence-electron chi connectivity index (χ0n) is 16.3. The first kappa shape index (κ1) is 20.2. The van der Waals surface area contributed by atoms with Crippen LogP contribution in [0.25, 0.3) is 0 Å². The van der Waals surface area contributed by atoms with Gasteiger partial charge in [0.25, 0.3) is 5.91 Å². The van der Waals surface area contributed by atoms with E-state index in [4.69, 9.17) is 11.6 Å². The minimum atomic E-state index is -3.61. The standard InChI is InChI=1S/C21H24ClN3O3S/c1-23-12-13-24(15-16-6-2-3-7-20(16)23)21(26)18-14-17(8-9-19(18)22)29(27,28)25-10-4-5-11-25/h2-3,6-9,14H,4-5,10-13,15H2,1H3. The first-order chi connectivity index (χ1) is 13.9. The van der Waals surface area contributed by atoms with Crippen LogP contribution in [0.2, 0.25) is 5.02 Å². The Labute approximate surface area is 176 Å². The lowest BCUT2D eigenvalue weighted by molar-refractivity contribution is 0.0751. The molecule has 0 atom stereocenters. The van der Waals surface area contributed by atoms with Gasteiger partial charge in [-0.15, -0.1) is 0 Å². The molecule has 2 heterocycles. The Morgan fingerprint density at radius 2 is 1.72 bits per heavy atom. The second-order valence-electron chi connectivity index (χ2n) is 7.53. The summed E-state index contributed by atoms with van der Waals surface area (Å²) in [6.07, 6.45) is 1.72. The van der Waals surface area contributed by atoms with Gasteiger partial charge in [-0.05, 0) is 42.7 Å². The molecule has 0 spiro atoms. The minimum Gasteiger partial charge on any atom is -0.373 e. The van der Waals surface area contributed by atoms with E-state index < -0.39 is 10.0 Å². The van der Waals surface area contributed by atoms with Crippen LogP contribution in [-0.4, -0.2) is 56.8 Å². The third-order valence-electron chi connectivity index (χ3n) is 5.63. The fourth-order valence-corrected chi connectivity index (χ4v) is 5.68. The Balaban J connectivity index is 1.65. The first-order valence-corrected chi connectivity index (χ1v) is 11.6. The zero-order valence-corrected chi connectivity index (χ0v) is 17.9. The molecule has 2 aromatic carbocycles. The number of para-hydroxylation sites is 1. The van der Waals surface area contributed by atoms with Crippen molar-refractivity contribution in [3.8, 4) is 0 Å². The molecule has 2 aliphatic heterocycles. The number of sulfonamides is 1. The second kappa shape index (κ2) is 7.97. The van der Waals surface area contributed by atoms with Crippen molar-refractivity contribution >= 4 is 33.2 Å². The molecule has 1 saturated heterocycles. The van der Waals surface area contributed by atoms with E-state index in [1.54, 1.807) is 4.90 Å². The number of fused-ring (bicyclic) bond motifs is 1. The van der Waals surface area contributed by atoms with Gasteiger partial charge < -0.3 is 9.80 Å². The fraction of sp³-hybridized carbons (Fsp3) is 0.381. The van der Waals surface area contributed by atoms with Crippen molar-refractivity contribution in [2.45, 2.75) is 24.3 Å². The highest BCUT2D eigenvalue weighted by atomic mass is 35.5. The van der Waals surface area contributed by atoms with Gasteiger partial charge in [0.2, 0.25) is 10.0 Å². The maximum atomic E-state index is 13.3. The Kier molecular flexibility index (Phi) is 5.55. The number of carbonyl (C=O) groups excluding carboxylic acids is 1. The van der Waals surface area contributed by atoms with Gasteiger partial charge in [-0.3, -0.25) is 4.79 Å². The molecule has 0 bridgehead atoms. The number of likely N-dealkylation sites (N-methyl/N-ethyl adjacent to an activating group) is 1. The molecule has 0 unspecified atom stereocenters. The number of rotatable bonds is 3. The molecule has 6 nitrogen and oxygen atoms in total. The van der Waals surface area contributed by atoms with Gasteiger partial charge in [-0.2, -0.15) is 4.31 Å². The Morgan fingerprint density at radius 1 is 1.00 bits per heavy atom. The summed E-state index contributed by atoms with van der Waals surface area (Å²) in [5.74, 6) is -0.251. The number of carbonyl (C=O) groups is 1. The molecular weight excluding hydrogens is 410 g/mol. The lowest BCUT2D eigenvalue weighted by Gasteiger charge is -2.22. The third-order valence-corrected chi connectivity index (χ3v) is 7.85. The number of amides is 1. The van der Waals surface area contributed by atoms with Crippen LogP contribution in [0.4, 0.5) is 5.69 Å². The summed E-state index contributed by atoms with van der Waals surface area (Å²) in [6.45, 7) is 2.71. The number of hydrogen-bond acceptors (Lipinski definition) is 4. The predicted molar refractivity (Wildman–Crippen MR) is 114 cm³/mol. The van der Waals surface area contributed by atoms with E-state index in [9.17, 15) is 13.2 Å². The van der Waals surface area contributed by atoms with Crippen molar-refractivity contribution in [2.75, 3.05) is 38.1 Å². The normalized spacial score (nSPS) is 17.9. The van der Waals surface area contributed by atoms with E-state index in [-0.39, 0.29) is 21.4 Å². The molecule has 0 aliphatic carbocycles. The number of anilines is 1. The van der Waals surface area contributed by atoms with Crippen LogP contribution in [0.3, 0.4) is 0 Å². The van der Waals surface area contributed by atoms with Crippen molar-refractivity contribution in [1.82, 2.24) is 9.21 Å². The van der Waals surface area contributed by atoms with Gasteiger partial charge >= 0.3 is 0 Å². The van der Waals surface area contributed by atoms with Gasteiger partial charge in [0.05, 0.1) is 15.5 Å². The molecule has 8 heteroatoms. The highest BCUT2D eigenvalue weighted by Crippen LogP contribution is 2.28. The SMILES string of the molecule is CN1CCN(C(=O)c2cc(S(=O)(=O)N3CCCC3)ccc2Cl)Cc2ccccc21. The van der Waals surface area contributed by atoms with Crippen LogP contribution in [0.5, 0.6) is 0 Å². The third kappa shape index (κ3) is 3.86. The Morgan fingerprint density at radius 3 is 2.48 bits per heavy atom. The topological polar surface area (TPSA) is 60.9 Å². The van der Waals surface area contributed by atoms with Crippen LogP contribution in [0.15, 0.2) is 47.4 Å². The summed E-state index contributed by atoms with van der Waals surface area (Å²) in [4.78, 5) is 17.3. The fourth-order valence-electron chi connectivity index (χ4n) is 3.94. The van der Waals surface area contributed by atoms with Crippen molar-refractivity contribution in [1.29, 1.82) is 0 Å². The van der Waals surface area contributed by atoms with E-state index >= 15 is 0 Å². The zero-order chi connectivity index (χ0) is 20.6. The maximum absolute atomic E-state index is 13.3. The highest BCUT2D eigenvalue weighted by Gasteiger charge is 2.30. The number of nitrogens with zero attached hydrogens (tertiary/aromatic N) is 3. The lowest BCUT2D eigenvalue weighted by Crippen LogP contribution is -2.34. The van der Waals surface area contributed by atoms with Crippen LogP contribution in [-0.2, 0) is 16.6 Å². The number of halogens is 1. The van der Waals surface area contributed by atoms with Crippen molar-refractivity contribution in [3.05, 3.63) is 58.6 Å². The number of benzene rings is 2. The van der Waals surface area contributed by atoms with Gasteiger partial charge in [0.15, 0.2) is 0 Å². The highest BCUT2D eigenvalue weighted by molar-refractivity contribution is 7.89. The smallest absolute Gasteiger partial charge is 0.255 e. The minimum absolute atomic E-state index is 0.125. The second-order valence-corrected chi connectivity index (χ2v) is 9.87. The maximum Gasteiger partial charge on any atom is 0.255 e. The molecule has 0 aromatic heterocycles. The van der Waals surface area contributed by atoms with Crippen LogP contribution in [0, 0.1) is 0 Å². The van der Waals surface area contributed by atoms with E-state index in [0.717, 1.165) is 24.1 Å². The molecule has 29 heavy (non-hydrogen) atoms. The number of hydrogen-bond donors (Lipinski definition) is 0. The van der Waals surface area contributed by atoms with Gasteiger partial charge in [0.1, 0.15) is 0 Å². The summed E-state index contributed by atoms with van der Waals surface area (Å²) in [7, 11) is -1.61. The molecule has 154 valence electrons. The first-order valence-electron chi connectivity index (χ1n) is 9.76. The van der Waals surface area contributed by atoms with Crippen molar-refractivity contribution in [3.63, 3.8) is 0 Å². The largest absolute Gasteiger partial charge is 0.373 e. The quantitative estimate of drug-likeness (QED) is 0.745. The van der Waals surface area contributed by atoms with Crippen molar-refractivity contribution < 1.29 is 13.2 Å². The monoisotopic (exact) mass is 433 g/mol. The van der Waals surface area contributed by atoms with E-state index in [1.807, 2.05) is 31.3 Å². The van der Waals surface area contributed by atoms with Gasteiger partial charge in [-0.25, -0.2) is 8.42 Å². The Hall–Kier alpha value is -2.09. The average molecular weight is 434 g/mol. The molecule has 0 N–H and O–H groups in total. The van der Waals surface area contributed by atoms with Crippen LogP contribution in [0.1, 0.15) is 28.8 Å². The van der Waals surface area contributed by atoms with E-state index in [1.165, 1.54) is 22.5 Å². The summed E-state index contributed by atoms with van der Waals surface area (Å²) in [5.41, 5.74) is 2.38. The summed E-state index contributed by atoms with van der Waals surface area (Å²) < 4.78 is 27.3. The molecule has 0 saturated carbocycles. The molecule has 1 amide bonds. The molecule has 2 aliphatic rings. The molecular formula is C21H24ClN3O3S. The summed E-state index contributed by atoms with van der Waals surface area (Å²) in [6, 6.07) is 12.4. The van der Waals surface area contributed by atoms with Crippen LogP contribution >= 0.6 is 11.6 Å². The molecule has 0 radical (unpaired) electrons. The van der Waals surface area contributed by atoms with E-state index in [0.29, 0.717) is 32.7 Å². The lowest BCUT2D eigenvalue weighted by atomic mass is 10.1. The summed E-state index contributed by atoms with van der Waals surface area (Å²) in [5, 5.41) is 0.265. The van der Waals surface area contributed by atoms with E-state index in [2.05, 4.69) is 4.90 Å². The van der Waals surface area contributed by atoms with Gasteiger partial charge in [0, 0.05) is 45.5 Å². The van der Waals surface area contributed by atoms with Gasteiger partial charge in [-0.1, -0.05) is 29.8 Å². The average Bonchev–Trinajstić information content (AvgIpc) is 3.21. The molecule has 4 rings (SSSR count). The predicted octanol–water partition coefficient (Wildman–Crippen LogP) is 3.22.